The van der Waals surface area contributed by atoms with E-state index in [2.05, 4.69) is 29.7 Å². The zero-order valence-corrected chi connectivity index (χ0v) is 25.5. The normalized spacial score (nSPS) is 19.7. The van der Waals surface area contributed by atoms with Crippen molar-refractivity contribution < 1.29 is 14.3 Å². The highest BCUT2D eigenvalue weighted by Crippen LogP contribution is 2.38. The molecule has 2 saturated heterocycles. The Balaban J connectivity index is 1.25. The monoisotopic (exact) mass is 609 g/mol. The van der Waals surface area contributed by atoms with E-state index in [1.165, 1.54) is 34.8 Å². The van der Waals surface area contributed by atoms with Crippen LogP contribution in [0.5, 0.6) is 0 Å². The van der Waals surface area contributed by atoms with Crippen LogP contribution in [-0.4, -0.2) is 98.4 Å². The number of imidazole rings is 1. The van der Waals surface area contributed by atoms with E-state index in [4.69, 9.17) is 15.1 Å². The highest BCUT2D eigenvalue weighted by atomic mass is 32.1. The predicted molar refractivity (Wildman–Crippen MR) is 161 cm³/mol. The zero-order chi connectivity index (χ0) is 29.7. The molecule has 0 spiro atoms. The summed E-state index contributed by atoms with van der Waals surface area (Å²) in [5.74, 6) is 0.509. The van der Waals surface area contributed by atoms with Gasteiger partial charge in [0, 0.05) is 50.9 Å². The molecule has 0 bridgehead atoms. The van der Waals surface area contributed by atoms with Crippen LogP contribution in [0.1, 0.15) is 31.3 Å². The van der Waals surface area contributed by atoms with Crippen LogP contribution >= 0.6 is 22.7 Å². The topological polar surface area (TPSA) is 117 Å². The summed E-state index contributed by atoms with van der Waals surface area (Å²) in [7, 11) is 1.90. The molecular weight excluding hydrogens is 578 g/mol. The summed E-state index contributed by atoms with van der Waals surface area (Å²) in [6.07, 6.45) is 0.296. The van der Waals surface area contributed by atoms with Gasteiger partial charge in [-0.05, 0) is 44.5 Å². The molecule has 6 rings (SSSR count). The van der Waals surface area contributed by atoms with Gasteiger partial charge in [0.15, 0.2) is 10.9 Å². The van der Waals surface area contributed by atoms with Crippen molar-refractivity contribution in [2.45, 2.75) is 45.4 Å². The molecule has 0 unspecified atom stereocenters. The van der Waals surface area contributed by atoms with Gasteiger partial charge < -0.3 is 19.8 Å². The maximum absolute atomic E-state index is 13.5. The molecule has 3 aromatic heterocycles. The Kier molecular flexibility index (Phi) is 7.61. The first-order valence-corrected chi connectivity index (χ1v) is 15.6. The first-order chi connectivity index (χ1) is 20.2. The van der Waals surface area contributed by atoms with E-state index < -0.39 is 6.10 Å². The third kappa shape index (κ3) is 5.11. The Hall–Kier alpha value is -3.64. The van der Waals surface area contributed by atoms with Crippen LogP contribution in [0, 0.1) is 17.1 Å². The highest BCUT2D eigenvalue weighted by molar-refractivity contribution is 7.20. The number of nitriles is 1. The van der Waals surface area contributed by atoms with Gasteiger partial charge in [-0.25, -0.2) is 14.4 Å². The third-order valence-corrected chi connectivity index (χ3v) is 9.91. The number of likely N-dealkylation sites (tertiary alicyclic amines) is 1. The number of β-amino-alcohol motifs (C(OH)–C–C–N with tert-alkyl or cyclic N) is 1. The predicted octanol–water partition coefficient (Wildman–Crippen LogP) is 3.36. The summed E-state index contributed by atoms with van der Waals surface area (Å²) in [6, 6.07) is 8.50. The summed E-state index contributed by atoms with van der Waals surface area (Å²) < 4.78 is 15.4. The number of nitrogens with zero attached hydrogens (tertiary/aromatic N) is 9. The number of aliphatic hydroxyl groups excluding tert-OH is 1. The summed E-state index contributed by atoms with van der Waals surface area (Å²) in [6.45, 7) is 8.94. The van der Waals surface area contributed by atoms with E-state index in [0.717, 1.165) is 34.7 Å². The molecule has 220 valence electrons. The number of amides is 1. The number of piperazine rings is 1. The SMILES string of the molecule is CCc1nc2sc(N3C[C@@H](C)N(CC(=O)N4CC(O)C4)C[C@@H]3C)nn2c1N(C)c1nc(-c2ccc(F)cc2)c(C#N)s1. The lowest BCUT2D eigenvalue weighted by molar-refractivity contribution is -0.143. The number of benzene rings is 1. The minimum Gasteiger partial charge on any atom is -0.389 e. The van der Waals surface area contributed by atoms with Gasteiger partial charge in [0.1, 0.15) is 22.5 Å². The average molecular weight is 610 g/mol. The van der Waals surface area contributed by atoms with Crippen molar-refractivity contribution in [1.29, 1.82) is 5.26 Å². The lowest BCUT2D eigenvalue weighted by Gasteiger charge is -2.45. The van der Waals surface area contributed by atoms with Crippen molar-refractivity contribution in [2.24, 2.45) is 0 Å². The number of halogens is 1. The molecule has 0 saturated carbocycles. The van der Waals surface area contributed by atoms with E-state index >= 15 is 0 Å². The number of hydrogen-bond donors (Lipinski definition) is 1. The van der Waals surface area contributed by atoms with Crippen LogP contribution in [0.2, 0.25) is 0 Å². The number of fused-ring (bicyclic) bond motifs is 1. The second kappa shape index (κ2) is 11.2. The first kappa shape index (κ1) is 28.5. The molecule has 1 N–H and O–H groups in total. The molecule has 2 atom stereocenters. The highest BCUT2D eigenvalue weighted by Gasteiger charge is 2.36. The molecule has 0 radical (unpaired) electrons. The van der Waals surface area contributed by atoms with Crippen molar-refractivity contribution in [2.75, 3.05) is 49.6 Å². The average Bonchev–Trinajstić information content (AvgIpc) is 3.65. The fourth-order valence-electron chi connectivity index (χ4n) is 5.50. The maximum atomic E-state index is 13.5. The largest absolute Gasteiger partial charge is 0.389 e. The molecule has 2 aliphatic rings. The summed E-state index contributed by atoms with van der Waals surface area (Å²) in [4.78, 5) is 31.6. The molecule has 2 fully saturated rings. The quantitative estimate of drug-likeness (QED) is 0.337. The summed E-state index contributed by atoms with van der Waals surface area (Å²) in [5, 5.41) is 25.8. The number of aryl methyl sites for hydroxylation is 1. The van der Waals surface area contributed by atoms with Crippen molar-refractivity contribution in [1.82, 2.24) is 29.4 Å². The van der Waals surface area contributed by atoms with Gasteiger partial charge in [0.25, 0.3) is 0 Å². The Bertz CT molecular complexity index is 1650. The van der Waals surface area contributed by atoms with Gasteiger partial charge in [-0.15, -0.1) is 5.10 Å². The molecule has 2 aliphatic heterocycles. The van der Waals surface area contributed by atoms with Crippen LogP contribution in [0.4, 0.5) is 20.5 Å². The lowest BCUT2D eigenvalue weighted by atomic mass is 10.1. The smallest absolute Gasteiger partial charge is 0.236 e. The van der Waals surface area contributed by atoms with Gasteiger partial charge in [-0.2, -0.15) is 9.78 Å². The first-order valence-electron chi connectivity index (χ1n) is 13.9. The van der Waals surface area contributed by atoms with E-state index in [1.807, 2.05) is 23.4 Å². The van der Waals surface area contributed by atoms with E-state index in [-0.39, 0.29) is 23.8 Å². The number of carbonyl (C=O) groups is 1. The van der Waals surface area contributed by atoms with Crippen LogP contribution in [0.15, 0.2) is 24.3 Å². The maximum Gasteiger partial charge on any atom is 0.236 e. The number of anilines is 3. The standard InChI is InChI=1S/C28H32FN9O2S2/c1-5-21-25(34(4)26-32-24(22(10-30)41-26)18-6-8-19(29)9-7-18)38-27(31-21)42-28(33-38)37-12-16(2)35(11-17(37)3)15-23(40)36-13-20(39)14-36/h6-9,16-17,20,39H,5,11-15H2,1-4H3/t16-,17+/m1/s1. The molecule has 1 aromatic carbocycles. The number of hydrogen-bond acceptors (Lipinski definition) is 11. The van der Waals surface area contributed by atoms with Crippen molar-refractivity contribution >= 4 is 49.6 Å². The molecule has 14 heteroatoms. The minimum absolute atomic E-state index is 0.0598. The lowest BCUT2D eigenvalue weighted by Crippen LogP contribution is -2.61. The number of aliphatic hydroxyl groups is 1. The van der Waals surface area contributed by atoms with Gasteiger partial charge in [-0.3, -0.25) is 9.69 Å². The van der Waals surface area contributed by atoms with Crippen molar-refractivity contribution in [3.05, 3.63) is 40.7 Å². The molecule has 5 heterocycles. The Morgan fingerprint density at radius 1 is 1.14 bits per heavy atom. The third-order valence-electron chi connectivity index (χ3n) is 7.93. The number of rotatable bonds is 7. The molecule has 4 aromatic rings. The van der Waals surface area contributed by atoms with Crippen LogP contribution in [0.25, 0.3) is 16.2 Å². The Morgan fingerprint density at radius 3 is 2.55 bits per heavy atom. The van der Waals surface area contributed by atoms with Crippen molar-refractivity contribution in [3.63, 3.8) is 0 Å². The van der Waals surface area contributed by atoms with Crippen molar-refractivity contribution in [3.8, 4) is 17.3 Å². The van der Waals surface area contributed by atoms with E-state index in [0.29, 0.717) is 47.3 Å². The second-order valence-electron chi connectivity index (χ2n) is 10.9. The van der Waals surface area contributed by atoms with Gasteiger partial charge in [0.05, 0.1) is 18.3 Å². The summed E-state index contributed by atoms with van der Waals surface area (Å²) in [5.41, 5.74) is 2.08. The number of aromatic nitrogens is 4. The Morgan fingerprint density at radius 2 is 1.88 bits per heavy atom. The van der Waals surface area contributed by atoms with E-state index in [1.54, 1.807) is 17.0 Å². The summed E-state index contributed by atoms with van der Waals surface area (Å²) >= 11 is 2.80. The zero-order valence-electron chi connectivity index (χ0n) is 23.9. The minimum atomic E-state index is -0.399. The molecule has 0 aliphatic carbocycles. The van der Waals surface area contributed by atoms with Crippen LogP contribution in [-0.2, 0) is 11.2 Å². The van der Waals surface area contributed by atoms with Gasteiger partial charge in [-0.1, -0.05) is 29.6 Å². The van der Waals surface area contributed by atoms with Gasteiger partial charge >= 0.3 is 0 Å². The van der Waals surface area contributed by atoms with Gasteiger partial charge in [0.2, 0.25) is 16.0 Å². The molecule has 42 heavy (non-hydrogen) atoms. The molecule has 11 nitrogen and oxygen atoms in total. The second-order valence-corrected chi connectivity index (χ2v) is 12.8. The van der Waals surface area contributed by atoms with Crippen LogP contribution in [0.3, 0.4) is 0 Å². The fourth-order valence-corrected chi connectivity index (χ4v) is 7.37. The van der Waals surface area contributed by atoms with Crippen LogP contribution < -0.4 is 9.80 Å². The van der Waals surface area contributed by atoms with E-state index in [9.17, 15) is 19.6 Å². The molecular formula is C28H32FN9O2S2. The molecule has 1 amide bonds. The number of carbonyl (C=O) groups excluding carboxylic acids is 1. The Labute approximate surface area is 251 Å². The fraction of sp³-hybridized carbons (Fsp3) is 0.464. The number of thiazole rings is 1.